The molecule has 0 saturated carbocycles. The van der Waals surface area contributed by atoms with Crippen LogP contribution in [-0.2, 0) is 24.4 Å². The van der Waals surface area contributed by atoms with Crippen molar-refractivity contribution >= 4 is 6.02 Å². The molecule has 0 unspecified atom stereocenters. The van der Waals surface area contributed by atoms with Crippen molar-refractivity contribution < 1.29 is 4.74 Å². The van der Waals surface area contributed by atoms with E-state index in [9.17, 15) is 0 Å². The normalized spacial score (nSPS) is 12.7. The van der Waals surface area contributed by atoms with E-state index in [1.165, 1.54) is 22.3 Å². The number of hydrogen-bond acceptors (Lipinski definition) is 2. The minimum Gasteiger partial charge on any atom is -0.460 e. The van der Waals surface area contributed by atoms with Crippen molar-refractivity contribution in [1.82, 2.24) is 4.90 Å². The highest BCUT2D eigenvalue weighted by Gasteiger charge is 2.21. The Kier molecular flexibility index (Phi) is 4.21. The zero-order valence-corrected chi connectivity index (χ0v) is 14.0. The Labute approximate surface area is 148 Å². The smallest absolute Gasteiger partial charge is 0.285 e. The van der Waals surface area contributed by atoms with Crippen LogP contribution in [0.2, 0.25) is 0 Å². The Morgan fingerprint density at radius 3 is 1.88 bits per heavy atom. The van der Waals surface area contributed by atoms with Crippen molar-refractivity contribution in [1.29, 1.82) is 5.41 Å². The topological polar surface area (TPSA) is 36.3 Å². The summed E-state index contributed by atoms with van der Waals surface area (Å²) in [6, 6.07) is 27.0. The van der Waals surface area contributed by atoms with Crippen LogP contribution in [0.15, 0.2) is 78.9 Å². The van der Waals surface area contributed by atoms with Crippen LogP contribution in [0.1, 0.15) is 16.7 Å². The molecule has 0 fully saturated rings. The highest BCUT2D eigenvalue weighted by Crippen LogP contribution is 2.32. The van der Waals surface area contributed by atoms with Crippen molar-refractivity contribution in [3.05, 3.63) is 95.6 Å². The first-order valence-electron chi connectivity index (χ1n) is 8.47. The first-order valence-corrected chi connectivity index (χ1v) is 8.47. The van der Waals surface area contributed by atoms with Crippen LogP contribution in [0.25, 0.3) is 11.1 Å². The summed E-state index contributed by atoms with van der Waals surface area (Å²) in [6.45, 7) is 1.77. The quantitative estimate of drug-likeness (QED) is 0.541. The maximum Gasteiger partial charge on any atom is 0.285 e. The minimum absolute atomic E-state index is 0.218. The van der Waals surface area contributed by atoms with Crippen molar-refractivity contribution in [3.63, 3.8) is 0 Å². The molecule has 0 aliphatic carbocycles. The van der Waals surface area contributed by atoms with E-state index in [4.69, 9.17) is 10.1 Å². The number of benzene rings is 3. The summed E-state index contributed by atoms with van der Waals surface area (Å²) in [6.07, 6.45) is 0. The van der Waals surface area contributed by atoms with E-state index < -0.39 is 0 Å². The fourth-order valence-corrected chi connectivity index (χ4v) is 3.27. The molecular weight excluding hydrogens is 308 g/mol. The molecule has 124 valence electrons. The van der Waals surface area contributed by atoms with E-state index in [2.05, 4.69) is 48.5 Å². The van der Waals surface area contributed by atoms with E-state index in [0.29, 0.717) is 19.7 Å². The van der Waals surface area contributed by atoms with Crippen LogP contribution in [-0.4, -0.2) is 10.9 Å². The number of hydrogen-bond donors (Lipinski definition) is 1. The molecule has 0 atom stereocenters. The molecule has 0 radical (unpaired) electrons. The van der Waals surface area contributed by atoms with Crippen LogP contribution in [0, 0.1) is 5.41 Å². The molecule has 1 aliphatic rings. The second-order valence-electron chi connectivity index (χ2n) is 6.25. The summed E-state index contributed by atoms with van der Waals surface area (Å²) in [5, 5.41) is 8.42. The van der Waals surface area contributed by atoms with Crippen LogP contribution < -0.4 is 0 Å². The van der Waals surface area contributed by atoms with Gasteiger partial charge in [0.25, 0.3) is 6.02 Å². The number of rotatable bonds is 2. The van der Waals surface area contributed by atoms with Gasteiger partial charge in [-0.1, -0.05) is 78.9 Å². The molecule has 0 spiro atoms. The largest absolute Gasteiger partial charge is 0.460 e. The third kappa shape index (κ3) is 3.26. The first-order chi connectivity index (χ1) is 12.3. The van der Waals surface area contributed by atoms with Crippen molar-refractivity contribution in [2.24, 2.45) is 0 Å². The Balaban J connectivity index is 1.58. The lowest BCUT2D eigenvalue weighted by atomic mass is 9.97. The summed E-state index contributed by atoms with van der Waals surface area (Å²) >= 11 is 0. The monoisotopic (exact) mass is 328 g/mol. The van der Waals surface area contributed by atoms with Gasteiger partial charge in [0.15, 0.2) is 0 Å². The highest BCUT2D eigenvalue weighted by atomic mass is 16.5. The lowest BCUT2D eigenvalue weighted by Gasteiger charge is -2.23. The second kappa shape index (κ2) is 6.81. The van der Waals surface area contributed by atoms with Crippen LogP contribution in [0.3, 0.4) is 0 Å². The third-order valence-electron chi connectivity index (χ3n) is 4.55. The zero-order chi connectivity index (χ0) is 17.1. The molecule has 3 heteroatoms. The molecule has 1 N–H and O–H groups in total. The fourth-order valence-electron chi connectivity index (χ4n) is 3.27. The van der Waals surface area contributed by atoms with Gasteiger partial charge in [-0.15, -0.1) is 0 Å². The van der Waals surface area contributed by atoms with Crippen LogP contribution >= 0.6 is 0 Å². The SMILES string of the molecule is N=C(OCc1ccccc1)N1Cc2ccccc2-c2ccccc2C1. The van der Waals surface area contributed by atoms with Crippen molar-refractivity contribution in [2.75, 3.05) is 0 Å². The lowest BCUT2D eigenvalue weighted by molar-refractivity contribution is 0.210. The van der Waals surface area contributed by atoms with Gasteiger partial charge in [-0.25, -0.2) is 0 Å². The van der Waals surface area contributed by atoms with E-state index >= 15 is 0 Å². The van der Waals surface area contributed by atoms with Gasteiger partial charge in [-0.2, -0.15) is 0 Å². The van der Waals surface area contributed by atoms with E-state index in [0.717, 1.165) is 5.56 Å². The van der Waals surface area contributed by atoms with Gasteiger partial charge in [-0.05, 0) is 27.8 Å². The summed E-state index contributed by atoms with van der Waals surface area (Å²) < 4.78 is 5.76. The Bertz CT molecular complexity index is 842. The predicted octanol–water partition coefficient (Wildman–Crippen LogP) is 4.82. The Morgan fingerprint density at radius 2 is 1.28 bits per heavy atom. The third-order valence-corrected chi connectivity index (χ3v) is 4.55. The summed E-state index contributed by atoms with van der Waals surface area (Å²) in [5.41, 5.74) is 6.01. The maximum atomic E-state index is 8.42. The second-order valence-corrected chi connectivity index (χ2v) is 6.25. The molecule has 1 aliphatic heterocycles. The zero-order valence-electron chi connectivity index (χ0n) is 14.0. The van der Waals surface area contributed by atoms with Gasteiger partial charge in [0.1, 0.15) is 6.61 Å². The Hall–Kier alpha value is -3.07. The van der Waals surface area contributed by atoms with Gasteiger partial charge in [0.2, 0.25) is 0 Å². The summed E-state index contributed by atoms with van der Waals surface area (Å²) in [7, 11) is 0. The van der Waals surface area contributed by atoms with Crippen LogP contribution in [0.4, 0.5) is 0 Å². The van der Waals surface area contributed by atoms with Gasteiger partial charge in [0, 0.05) is 13.1 Å². The molecule has 0 bridgehead atoms. The molecule has 25 heavy (non-hydrogen) atoms. The average molecular weight is 328 g/mol. The average Bonchev–Trinajstić information content (AvgIpc) is 2.84. The maximum absolute atomic E-state index is 8.42. The lowest BCUT2D eigenvalue weighted by Crippen LogP contribution is -2.30. The Morgan fingerprint density at radius 1 is 0.760 bits per heavy atom. The number of nitrogens with one attached hydrogen (secondary N) is 1. The fraction of sp³-hybridized carbons (Fsp3) is 0.136. The molecule has 3 aromatic carbocycles. The molecule has 3 aromatic rings. The minimum atomic E-state index is 0.218. The highest BCUT2D eigenvalue weighted by molar-refractivity contribution is 5.76. The number of nitrogens with zero attached hydrogens (tertiary/aromatic N) is 1. The molecule has 0 aromatic heterocycles. The first kappa shape index (κ1) is 15.5. The molecule has 4 rings (SSSR count). The molecule has 0 saturated heterocycles. The van der Waals surface area contributed by atoms with E-state index in [-0.39, 0.29) is 6.02 Å². The summed E-state index contributed by atoms with van der Waals surface area (Å²) in [4.78, 5) is 1.99. The molecule has 1 heterocycles. The van der Waals surface area contributed by atoms with E-state index in [1.54, 1.807) is 0 Å². The van der Waals surface area contributed by atoms with E-state index in [1.807, 2.05) is 35.2 Å². The number of ether oxygens (including phenoxy) is 1. The van der Waals surface area contributed by atoms with Crippen LogP contribution in [0.5, 0.6) is 0 Å². The number of amidine groups is 1. The summed E-state index contributed by atoms with van der Waals surface area (Å²) in [5.74, 6) is 0. The molecule has 3 nitrogen and oxygen atoms in total. The van der Waals surface area contributed by atoms with Crippen molar-refractivity contribution in [3.8, 4) is 11.1 Å². The van der Waals surface area contributed by atoms with Gasteiger partial charge in [0.05, 0.1) is 0 Å². The van der Waals surface area contributed by atoms with Gasteiger partial charge >= 0.3 is 0 Å². The molecule has 0 amide bonds. The predicted molar refractivity (Wildman–Crippen MR) is 100 cm³/mol. The molecular formula is C22H20N2O. The van der Waals surface area contributed by atoms with Gasteiger partial charge < -0.3 is 9.64 Å². The van der Waals surface area contributed by atoms with Gasteiger partial charge in [-0.3, -0.25) is 5.41 Å². The van der Waals surface area contributed by atoms with Crippen molar-refractivity contribution in [2.45, 2.75) is 19.7 Å². The number of fused-ring (bicyclic) bond motifs is 3. The standard InChI is InChI=1S/C22H20N2O/c23-22(25-16-17-8-2-1-3-9-17)24-14-18-10-4-6-12-20(18)21-13-7-5-11-19(21)15-24/h1-13,23H,14-16H2.